The van der Waals surface area contributed by atoms with Crippen molar-refractivity contribution in [1.82, 2.24) is 4.90 Å². The van der Waals surface area contributed by atoms with Crippen LogP contribution in [-0.2, 0) is 24.3 Å². The van der Waals surface area contributed by atoms with Gasteiger partial charge in [0.15, 0.2) is 6.61 Å². The first-order chi connectivity index (χ1) is 15.5. The second kappa shape index (κ2) is 9.13. The van der Waals surface area contributed by atoms with E-state index in [4.69, 9.17) is 9.88 Å². The molecule has 33 heavy (non-hydrogen) atoms. The molecule has 1 aliphatic heterocycles. The number of benzene rings is 2. The second-order valence-corrected chi connectivity index (χ2v) is 8.31. The Hall–Kier alpha value is -4.17. The largest absolute Gasteiger partial charge is 0.456 e. The van der Waals surface area contributed by atoms with E-state index in [2.05, 4.69) is 5.32 Å². The number of sulfonamides is 1. The number of carbonyl (C=O) groups excluding carboxylic acids is 4. The summed E-state index contributed by atoms with van der Waals surface area (Å²) >= 11 is 0. The Morgan fingerprint density at radius 1 is 1.09 bits per heavy atom. The number of ether oxygens (including phenoxy) is 1. The van der Waals surface area contributed by atoms with Gasteiger partial charge < -0.3 is 10.1 Å². The van der Waals surface area contributed by atoms with Crippen molar-refractivity contribution in [3.8, 4) is 0 Å². The van der Waals surface area contributed by atoms with Gasteiger partial charge in [-0.3, -0.25) is 34.2 Å². The number of nitro benzene ring substituents is 1. The molecule has 1 heterocycles. The number of anilines is 1. The number of nitrogens with zero attached hydrogens (tertiary/aromatic N) is 2. The minimum atomic E-state index is -3.88. The van der Waals surface area contributed by atoms with Crippen molar-refractivity contribution in [2.24, 2.45) is 5.14 Å². The fraction of sp³-hybridized carbons (Fsp3) is 0.158. The summed E-state index contributed by atoms with van der Waals surface area (Å²) in [7, 11) is -3.88. The first-order valence-electron chi connectivity index (χ1n) is 9.21. The summed E-state index contributed by atoms with van der Waals surface area (Å²) in [6, 6.07) is 8.61. The number of esters is 1. The average Bonchev–Trinajstić information content (AvgIpc) is 3.00. The molecule has 0 aliphatic carbocycles. The second-order valence-electron chi connectivity index (χ2n) is 6.75. The number of fused-ring (bicyclic) bond motifs is 1. The fourth-order valence-corrected chi connectivity index (χ4v) is 3.53. The Balaban J connectivity index is 1.51. The number of rotatable bonds is 8. The van der Waals surface area contributed by atoms with Gasteiger partial charge in [-0.1, -0.05) is 6.07 Å². The van der Waals surface area contributed by atoms with Gasteiger partial charge in [0.1, 0.15) is 5.56 Å². The molecule has 3 rings (SSSR count). The summed E-state index contributed by atoms with van der Waals surface area (Å²) in [6.45, 7) is -1.07. The van der Waals surface area contributed by atoms with E-state index < -0.39 is 57.4 Å². The van der Waals surface area contributed by atoms with Gasteiger partial charge in [-0.05, 0) is 30.3 Å². The van der Waals surface area contributed by atoms with Crippen molar-refractivity contribution in [2.45, 2.75) is 11.3 Å². The molecule has 172 valence electrons. The normalized spacial score (nSPS) is 12.9. The molecule has 3 N–H and O–H groups in total. The van der Waals surface area contributed by atoms with Crippen LogP contribution in [0.2, 0.25) is 0 Å². The number of hydrogen-bond acceptors (Lipinski definition) is 9. The predicted octanol–water partition coefficient (Wildman–Crippen LogP) is 0.410. The fourth-order valence-electron chi connectivity index (χ4n) is 3.02. The molecule has 2 aromatic rings. The number of nitrogens with two attached hydrogens (primary N) is 1. The van der Waals surface area contributed by atoms with Crippen LogP contribution in [0.1, 0.15) is 27.1 Å². The average molecular weight is 476 g/mol. The molecule has 0 saturated carbocycles. The first-order valence-corrected chi connectivity index (χ1v) is 10.8. The number of nitrogens with one attached hydrogen (secondary N) is 1. The molecule has 1 aliphatic rings. The highest BCUT2D eigenvalue weighted by atomic mass is 32.2. The van der Waals surface area contributed by atoms with Gasteiger partial charge in [-0.15, -0.1) is 0 Å². The van der Waals surface area contributed by atoms with E-state index in [1.54, 1.807) is 0 Å². The third-order valence-corrected chi connectivity index (χ3v) is 5.47. The van der Waals surface area contributed by atoms with E-state index in [1.165, 1.54) is 36.4 Å². The summed E-state index contributed by atoms with van der Waals surface area (Å²) in [6.07, 6.45) is -0.435. The maximum absolute atomic E-state index is 12.4. The Kier molecular flexibility index (Phi) is 6.50. The zero-order chi connectivity index (χ0) is 24.3. The molecule has 0 aromatic heterocycles. The quantitative estimate of drug-likeness (QED) is 0.235. The summed E-state index contributed by atoms with van der Waals surface area (Å²) in [5.41, 5.74) is -0.746. The molecule has 0 radical (unpaired) electrons. The molecular weight excluding hydrogens is 460 g/mol. The van der Waals surface area contributed by atoms with Gasteiger partial charge in [-0.25, -0.2) is 13.6 Å². The Labute approximate surface area is 186 Å². The number of primary sulfonamides is 1. The molecule has 0 spiro atoms. The molecule has 13 nitrogen and oxygen atoms in total. The van der Waals surface area contributed by atoms with Crippen LogP contribution in [0, 0.1) is 10.1 Å². The zero-order valence-electron chi connectivity index (χ0n) is 16.7. The van der Waals surface area contributed by atoms with Gasteiger partial charge in [0.05, 0.1) is 21.8 Å². The van der Waals surface area contributed by atoms with Gasteiger partial charge in [-0.2, -0.15) is 0 Å². The summed E-state index contributed by atoms with van der Waals surface area (Å²) in [4.78, 5) is 59.5. The number of carbonyl (C=O) groups is 4. The van der Waals surface area contributed by atoms with E-state index in [1.807, 2.05) is 0 Å². The molecule has 2 aromatic carbocycles. The van der Waals surface area contributed by atoms with Crippen molar-refractivity contribution >= 4 is 45.1 Å². The number of nitro groups is 1. The van der Waals surface area contributed by atoms with Crippen LogP contribution < -0.4 is 10.5 Å². The van der Waals surface area contributed by atoms with Crippen molar-refractivity contribution in [2.75, 3.05) is 18.5 Å². The number of amides is 3. The van der Waals surface area contributed by atoms with Crippen LogP contribution in [0.15, 0.2) is 47.4 Å². The smallest absolute Gasteiger partial charge is 0.308 e. The lowest BCUT2D eigenvalue weighted by molar-refractivity contribution is -0.385. The van der Waals surface area contributed by atoms with Crippen LogP contribution in [0.3, 0.4) is 0 Å². The van der Waals surface area contributed by atoms with Crippen molar-refractivity contribution < 1.29 is 37.3 Å². The topological polar surface area (TPSA) is 196 Å². The van der Waals surface area contributed by atoms with E-state index in [9.17, 15) is 37.7 Å². The first kappa shape index (κ1) is 23.5. The van der Waals surface area contributed by atoms with E-state index >= 15 is 0 Å². The molecule has 0 saturated heterocycles. The van der Waals surface area contributed by atoms with Crippen LogP contribution in [0.4, 0.5) is 11.4 Å². The predicted molar refractivity (Wildman–Crippen MR) is 110 cm³/mol. The number of hydrogen-bond donors (Lipinski definition) is 2. The Bertz CT molecular complexity index is 1270. The van der Waals surface area contributed by atoms with Crippen molar-refractivity contribution in [3.05, 3.63) is 63.7 Å². The van der Waals surface area contributed by atoms with Crippen molar-refractivity contribution in [3.63, 3.8) is 0 Å². The maximum Gasteiger partial charge on any atom is 0.308 e. The van der Waals surface area contributed by atoms with Crippen LogP contribution in [0.25, 0.3) is 0 Å². The molecule has 0 unspecified atom stereocenters. The third kappa shape index (κ3) is 5.19. The van der Waals surface area contributed by atoms with Gasteiger partial charge >= 0.3 is 5.97 Å². The Morgan fingerprint density at radius 3 is 2.36 bits per heavy atom. The van der Waals surface area contributed by atoms with Gasteiger partial charge in [0.2, 0.25) is 10.0 Å². The maximum atomic E-state index is 12.4. The van der Waals surface area contributed by atoms with Crippen LogP contribution in [0.5, 0.6) is 0 Å². The lowest BCUT2D eigenvalue weighted by Gasteiger charge is -2.13. The molecule has 14 heteroatoms. The highest BCUT2D eigenvalue weighted by molar-refractivity contribution is 7.89. The van der Waals surface area contributed by atoms with E-state index in [-0.39, 0.29) is 28.3 Å². The Morgan fingerprint density at radius 2 is 1.76 bits per heavy atom. The lowest BCUT2D eigenvalue weighted by Crippen LogP contribution is -2.32. The molecule has 0 fully saturated rings. The SMILES string of the molecule is NS(=O)(=O)c1ccc(NC(=O)COC(=O)CCN2C(=O)c3cccc([N+](=O)[O-])c3C2=O)cc1. The molecular formula is C19H16N4O9S. The molecule has 3 amide bonds. The molecule has 0 atom stereocenters. The summed E-state index contributed by atoms with van der Waals surface area (Å²) in [5.74, 6) is -3.27. The highest BCUT2D eigenvalue weighted by Gasteiger charge is 2.40. The monoisotopic (exact) mass is 476 g/mol. The van der Waals surface area contributed by atoms with E-state index in [0.717, 1.165) is 6.07 Å². The minimum Gasteiger partial charge on any atom is -0.456 e. The summed E-state index contributed by atoms with van der Waals surface area (Å²) < 4.78 is 27.2. The van der Waals surface area contributed by atoms with Crippen LogP contribution >= 0.6 is 0 Å². The molecule has 0 bridgehead atoms. The highest BCUT2D eigenvalue weighted by Crippen LogP contribution is 2.30. The minimum absolute atomic E-state index is 0.129. The van der Waals surface area contributed by atoms with Gasteiger partial charge in [0.25, 0.3) is 23.4 Å². The number of imide groups is 1. The van der Waals surface area contributed by atoms with Crippen LogP contribution in [-0.4, -0.2) is 55.1 Å². The van der Waals surface area contributed by atoms with Gasteiger partial charge in [0, 0.05) is 18.3 Å². The lowest BCUT2D eigenvalue weighted by atomic mass is 10.1. The summed E-state index contributed by atoms with van der Waals surface area (Å²) in [5, 5.41) is 18.5. The standard InChI is InChI=1S/C19H16N4O9S/c20-33(30,31)12-6-4-11(5-7-12)21-15(24)10-32-16(25)8-9-22-18(26)13-2-1-3-14(23(28)29)17(13)19(22)27/h1-7H,8-10H2,(H,21,24)(H2,20,30,31). The zero-order valence-corrected chi connectivity index (χ0v) is 17.5. The third-order valence-electron chi connectivity index (χ3n) is 4.54. The van der Waals surface area contributed by atoms with Crippen molar-refractivity contribution in [1.29, 1.82) is 0 Å². The van der Waals surface area contributed by atoms with E-state index in [0.29, 0.717) is 4.90 Å².